The summed E-state index contributed by atoms with van der Waals surface area (Å²) in [6, 6.07) is 16.0. The van der Waals surface area contributed by atoms with Gasteiger partial charge in [-0.25, -0.2) is 4.79 Å². The molecule has 3 N–H and O–H groups in total. The Hall–Kier alpha value is -5.12. The van der Waals surface area contributed by atoms with Gasteiger partial charge in [-0.05, 0) is 110 Å². The van der Waals surface area contributed by atoms with Gasteiger partial charge in [0, 0.05) is 18.3 Å². The van der Waals surface area contributed by atoms with E-state index >= 15 is 0 Å². The molecule has 0 aromatic heterocycles. The summed E-state index contributed by atoms with van der Waals surface area (Å²) in [5, 5.41) is 15.0. The van der Waals surface area contributed by atoms with Crippen LogP contribution in [0.25, 0.3) is 0 Å². The van der Waals surface area contributed by atoms with Crippen molar-refractivity contribution in [1.82, 2.24) is 5.32 Å². The van der Waals surface area contributed by atoms with Crippen molar-refractivity contribution >= 4 is 23.5 Å². The van der Waals surface area contributed by atoms with Gasteiger partial charge in [-0.15, -0.1) is 0 Å². The maximum Gasteiger partial charge on any atom is 0.399 e. The van der Waals surface area contributed by atoms with Crippen LogP contribution in [0, 0.1) is 34.6 Å². The van der Waals surface area contributed by atoms with Gasteiger partial charge in [0.2, 0.25) is 0 Å². The standard InChI is InChI=1S/C35H33F3N2O5/c1-18-12-24(13-19(2)22(18)5)30(35(36,37)38)25-14-20(3)31(21(4)15-25)40-33(42)29-17-27(10-11-28(29)34(43)44)45-26-9-7-8-23(16-26)32(41)39-6/h7-17,30H,1-6H3,(H,39,41)(H,40,42)(H,43,44). The highest BCUT2D eigenvalue weighted by Gasteiger charge is 2.42. The van der Waals surface area contributed by atoms with Crippen molar-refractivity contribution in [3.8, 4) is 11.5 Å². The lowest BCUT2D eigenvalue weighted by Gasteiger charge is -2.25. The van der Waals surface area contributed by atoms with Crippen molar-refractivity contribution in [2.45, 2.75) is 46.7 Å². The Kier molecular flexibility index (Phi) is 9.37. The topological polar surface area (TPSA) is 105 Å². The van der Waals surface area contributed by atoms with Gasteiger partial charge < -0.3 is 20.5 Å². The molecule has 0 aliphatic carbocycles. The van der Waals surface area contributed by atoms with E-state index in [0.717, 1.165) is 16.7 Å². The molecular weight excluding hydrogens is 585 g/mol. The van der Waals surface area contributed by atoms with Gasteiger partial charge in [-0.2, -0.15) is 13.2 Å². The van der Waals surface area contributed by atoms with Crippen LogP contribution in [-0.4, -0.2) is 36.1 Å². The van der Waals surface area contributed by atoms with Crippen LogP contribution in [0.5, 0.6) is 11.5 Å². The average molecular weight is 619 g/mol. The summed E-state index contributed by atoms with van der Waals surface area (Å²) in [6.45, 7) is 8.60. The zero-order valence-corrected chi connectivity index (χ0v) is 25.6. The molecule has 4 rings (SSSR count). The first-order valence-electron chi connectivity index (χ1n) is 14.0. The second-order valence-corrected chi connectivity index (χ2v) is 11.0. The van der Waals surface area contributed by atoms with E-state index in [9.17, 15) is 32.7 Å². The molecule has 0 saturated carbocycles. The molecule has 0 heterocycles. The minimum atomic E-state index is -4.57. The van der Waals surface area contributed by atoms with Gasteiger partial charge in [-0.1, -0.05) is 30.3 Å². The Labute approximate surface area is 259 Å². The van der Waals surface area contributed by atoms with Crippen molar-refractivity contribution in [2.24, 2.45) is 0 Å². The minimum absolute atomic E-state index is 0.0266. The Bertz CT molecular complexity index is 1770. The third kappa shape index (κ3) is 7.17. The molecule has 0 bridgehead atoms. The van der Waals surface area contributed by atoms with Crippen LogP contribution >= 0.6 is 0 Å². The number of halogens is 3. The third-order valence-corrected chi connectivity index (χ3v) is 7.76. The number of carbonyl (C=O) groups is 3. The van der Waals surface area contributed by atoms with Crippen LogP contribution in [-0.2, 0) is 0 Å². The summed E-state index contributed by atoms with van der Waals surface area (Å²) in [5.41, 5.74) is 3.45. The molecular formula is C35H33F3N2O5. The number of alkyl halides is 3. The summed E-state index contributed by atoms with van der Waals surface area (Å²) in [7, 11) is 1.49. The second-order valence-electron chi connectivity index (χ2n) is 11.0. The molecule has 234 valence electrons. The zero-order valence-electron chi connectivity index (χ0n) is 25.6. The largest absolute Gasteiger partial charge is 0.478 e. The molecule has 4 aromatic rings. The third-order valence-electron chi connectivity index (χ3n) is 7.76. The Morgan fingerprint density at radius 3 is 1.82 bits per heavy atom. The minimum Gasteiger partial charge on any atom is -0.478 e. The summed E-state index contributed by atoms with van der Waals surface area (Å²) in [5.74, 6) is -3.93. The van der Waals surface area contributed by atoms with Crippen molar-refractivity contribution < 1.29 is 37.4 Å². The smallest absolute Gasteiger partial charge is 0.399 e. The number of nitrogens with one attached hydrogen (secondary N) is 2. The predicted molar refractivity (Wildman–Crippen MR) is 166 cm³/mol. The number of aromatic carboxylic acids is 1. The molecule has 0 fully saturated rings. The number of carboxylic acids is 1. The molecule has 0 aliphatic heterocycles. The molecule has 1 atom stereocenters. The maximum absolute atomic E-state index is 14.5. The van der Waals surface area contributed by atoms with Crippen LogP contribution in [0.1, 0.15) is 75.9 Å². The van der Waals surface area contributed by atoms with E-state index in [2.05, 4.69) is 10.6 Å². The first kappa shape index (κ1) is 32.8. The number of carboxylic acid groups (broad SMARTS) is 1. The number of hydrogen-bond donors (Lipinski definition) is 3. The molecule has 45 heavy (non-hydrogen) atoms. The van der Waals surface area contributed by atoms with Crippen molar-refractivity contribution in [1.29, 1.82) is 0 Å². The zero-order chi connectivity index (χ0) is 33.2. The second kappa shape index (κ2) is 12.9. The number of rotatable bonds is 8. The van der Waals surface area contributed by atoms with E-state index in [0.29, 0.717) is 16.7 Å². The van der Waals surface area contributed by atoms with E-state index < -0.39 is 24.0 Å². The van der Waals surface area contributed by atoms with E-state index in [4.69, 9.17) is 4.74 Å². The lowest BCUT2D eigenvalue weighted by molar-refractivity contribution is -0.141. The number of benzene rings is 4. The van der Waals surface area contributed by atoms with E-state index in [-0.39, 0.29) is 45.3 Å². The molecule has 0 spiro atoms. The molecule has 2 amide bonds. The molecule has 1 unspecified atom stereocenters. The van der Waals surface area contributed by atoms with Gasteiger partial charge in [-0.3, -0.25) is 9.59 Å². The van der Waals surface area contributed by atoms with Crippen LogP contribution in [0.2, 0.25) is 0 Å². The fourth-order valence-electron chi connectivity index (χ4n) is 5.29. The van der Waals surface area contributed by atoms with Crippen LogP contribution in [0.4, 0.5) is 18.9 Å². The lowest BCUT2D eigenvalue weighted by Crippen LogP contribution is -2.23. The van der Waals surface area contributed by atoms with E-state index in [1.165, 1.54) is 43.4 Å². The van der Waals surface area contributed by atoms with E-state index in [1.54, 1.807) is 58.0 Å². The van der Waals surface area contributed by atoms with Crippen molar-refractivity contribution in [2.75, 3.05) is 12.4 Å². The normalized spacial score (nSPS) is 11.9. The average Bonchev–Trinajstić information content (AvgIpc) is 2.96. The highest BCUT2D eigenvalue weighted by molar-refractivity contribution is 6.11. The lowest BCUT2D eigenvalue weighted by atomic mass is 9.85. The number of hydrogen-bond acceptors (Lipinski definition) is 4. The number of aryl methyl sites for hydroxylation is 4. The van der Waals surface area contributed by atoms with Crippen molar-refractivity contribution in [3.63, 3.8) is 0 Å². The number of carbonyl (C=O) groups excluding carboxylic acids is 2. The number of ether oxygens (including phenoxy) is 1. The summed E-state index contributed by atoms with van der Waals surface area (Å²) >= 11 is 0. The van der Waals surface area contributed by atoms with E-state index in [1.807, 2.05) is 6.92 Å². The number of anilines is 1. The SMILES string of the molecule is CNC(=O)c1cccc(Oc2ccc(C(=O)O)c(C(=O)Nc3c(C)cc(C(c4cc(C)c(C)c(C)c4)C(F)(F)F)cc3C)c2)c1. The monoisotopic (exact) mass is 618 g/mol. The quantitative estimate of drug-likeness (QED) is 0.186. The van der Waals surface area contributed by atoms with Crippen LogP contribution in [0.3, 0.4) is 0 Å². The molecule has 0 radical (unpaired) electrons. The summed E-state index contributed by atoms with van der Waals surface area (Å²) < 4.78 is 49.3. The highest BCUT2D eigenvalue weighted by Crippen LogP contribution is 2.43. The van der Waals surface area contributed by atoms with Gasteiger partial charge in [0.25, 0.3) is 11.8 Å². The summed E-state index contributed by atoms with van der Waals surface area (Å²) in [6.07, 6.45) is -4.57. The maximum atomic E-state index is 14.5. The highest BCUT2D eigenvalue weighted by atomic mass is 19.4. The molecule has 0 aliphatic rings. The molecule has 4 aromatic carbocycles. The summed E-state index contributed by atoms with van der Waals surface area (Å²) in [4.78, 5) is 37.4. The molecule has 10 heteroatoms. The first-order chi connectivity index (χ1) is 21.1. The predicted octanol–water partition coefficient (Wildman–Crippen LogP) is 8.03. The van der Waals surface area contributed by atoms with Gasteiger partial charge in [0.1, 0.15) is 17.4 Å². The molecule has 7 nitrogen and oxygen atoms in total. The van der Waals surface area contributed by atoms with Gasteiger partial charge >= 0.3 is 12.1 Å². The Balaban J connectivity index is 1.68. The Morgan fingerprint density at radius 1 is 0.733 bits per heavy atom. The Morgan fingerprint density at radius 2 is 1.29 bits per heavy atom. The fourth-order valence-corrected chi connectivity index (χ4v) is 5.29. The fraction of sp³-hybridized carbons (Fsp3) is 0.229. The van der Waals surface area contributed by atoms with Gasteiger partial charge in [0.05, 0.1) is 11.1 Å². The van der Waals surface area contributed by atoms with Crippen LogP contribution in [0.15, 0.2) is 66.7 Å². The van der Waals surface area contributed by atoms with Crippen molar-refractivity contribution in [3.05, 3.63) is 122 Å². The molecule has 0 saturated heterocycles. The van der Waals surface area contributed by atoms with Crippen LogP contribution < -0.4 is 15.4 Å². The first-order valence-corrected chi connectivity index (χ1v) is 14.0. The van der Waals surface area contributed by atoms with Gasteiger partial charge in [0.15, 0.2) is 0 Å². The number of amides is 2.